The van der Waals surface area contributed by atoms with Crippen molar-refractivity contribution in [2.75, 3.05) is 13.6 Å². The van der Waals surface area contributed by atoms with Crippen LogP contribution in [0.5, 0.6) is 0 Å². The second kappa shape index (κ2) is 7.46. The Morgan fingerprint density at radius 3 is 2.83 bits per heavy atom. The standard InChI is InChI=1S/C25H35N3O/c1-4-16(2)28-15-17-13-23-21(20-10-7-11-22(28)24(17)20)12-18(14-27(23)3)25(29)26-19-8-5-6-9-19/h7,10-11,15-16,18-19,21,23H,4-6,8-9,12-14H2,1-3H3,(H,26,29)/t16?,18-,21?,23-/m1/s1. The van der Waals surface area contributed by atoms with Gasteiger partial charge in [-0.2, -0.15) is 0 Å². The molecule has 156 valence electrons. The number of hydrogen-bond donors (Lipinski definition) is 1. The lowest BCUT2D eigenvalue weighted by Crippen LogP contribution is -2.52. The van der Waals surface area contributed by atoms with Crippen molar-refractivity contribution in [3.8, 4) is 0 Å². The molecule has 0 spiro atoms. The minimum atomic E-state index is 0.107. The van der Waals surface area contributed by atoms with Crippen molar-refractivity contribution < 1.29 is 4.79 Å². The lowest BCUT2D eigenvalue weighted by atomic mass is 9.72. The number of benzene rings is 1. The average molecular weight is 394 g/mol. The molecule has 1 amide bonds. The van der Waals surface area contributed by atoms with Crippen LogP contribution in [0.15, 0.2) is 24.4 Å². The summed E-state index contributed by atoms with van der Waals surface area (Å²) in [7, 11) is 2.23. The van der Waals surface area contributed by atoms with Crippen molar-refractivity contribution in [1.29, 1.82) is 0 Å². The van der Waals surface area contributed by atoms with E-state index in [1.807, 2.05) is 0 Å². The number of carbonyl (C=O) groups is 1. The number of aromatic nitrogens is 1. The van der Waals surface area contributed by atoms with Crippen molar-refractivity contribution in [2.24, 2.45) is 5.92 Å². The topological polar surface area (TPSA) is 37.3 Å². The highest BCUT2D eigenvalue weighted by molar-refractivity contribution is 5.89. The van der Waals surface area contributed by atoms with Gasteiger partial charge in [0, 0.05) is 47.7 Å². The first kappa shape index (κ1) is 19.2. The Morgan fingerprint density at radius 1 is 1.28 bits per heavy atom. The molecule has 3 aliphatic rings. The van der Waals surface area contributed by atoms with Crippen LogP contribution in [0.4, 0.5) is 0 Å². The highest BCUT2D eigenvalue weighted by Gasteiger charge is 2.42. The van der Waals surface area contributed by atoms with Crippen molar-refractivity contribution in [3.05, 3.63) is 35.5 Å². The van der Waals surface area contributed by atoms with Crippen molar-refractivity contribution in [3.63, 3.8) is 0 Å². The van der Waals surface area contributed by atoms with Gasteiger partial charge in [-0.3, -0.25) is 4.79 Å². The fraction of sp³-hybridized carbons (Fsp3) is 0.640. The molecule has 1 saturated heterocycles. The van der Waals surface area contributed by atoms with Gasteiger partial charge in [0.15, 0.2) is 0 Å². The molecule has 0 radical (unpaired) electrons. The summed E-state index contributed by atoms with van der Waals surface area (Å²) in [5, 5.41) is 4.84. The van der Waals surface area contributed by atoms with Gasteiger partial charge in [-0.1, -0.05) is 31.9 Å². The minimum absolute atomic E-state index is 0.107. The van der Waals surface area contributed by atoms with Gasteiger partial charge in [0.25, 0.3) is 0 Å². The summed E-state index contributed by atoms with van der Waals surface area (Å²) in [5.74, 6) is 0.852. The molecule has 29 heavy (non-hydrogen) atoms. The normalized spacial score (nSPS) is 28.4. The molecule has 2 heterocycles. The molecular weight excluding hydrogens is 358 g/mol. The van der Waals surface area contributed by atoms with Crippen LogP contribution >= 0.6 is 0 Å². The van der Waals surface area contributed by atoms with E-state index in [1.165, 1.54) is 34.9 Å². The summed E-state index contributed by atoms with van der Waals surface area (Å²) in [5.41, 5.74) is 4.35. The molecule has 4 atom stereocenters. The van der Waals surface area contributed by atoms with Gasteiger partial charge in [0.2, 0.25) is 5.91 Å². The van der Waals surface area contributed by atoms with Crippen molar-refractivity contribution in [1.82, 2.24) is 14.8 Å². The average Bonchev–Trinajstić information content (AvgIpc) is 3.37. The highest BCUT2D eigenvalue weighted by atomic mass is 16.2. The zero-order valence-electron chi connectivity index (χ0n) is 18.2. The quantitative estimate of drug-likeness (QED) is 0.822. The van der Waals surface area contributed by atoms with Gasteiger partial charge in [-0.15, -0.1) is 0 Å². The Bertz CT molecular complexity index is 910. The van der Waals surface area contributed by atoms with Gasteiger partial charge in [-0.25, -0.2) is 0 Å². The van der Waals surface area contributed by atoms with E-state index in [4.69, 9.17) is 0 Å². The molecule has 0 bridgehead atoms. The molecule has 1 N–H and O–H groups in total. The summed E-state index contributed by atoms with van der Waals surface area (Å²) in [6.45, 7) is 5.47. The minimum Gasteiger partial charge on any atom is -0.353 e. The van der Waals surface area contributed by atoms with Gasteiger partial charge in [0.05, 0.1) is 5.92 Å². The maximum Gasteiger partial charge on any atom is 0.224 e. The van der Waals surface area contributed by atoms with Crippen LogP contribution in [0.2, 0.25) is 0 Å². The van der Waals surface area contributed by atoms with E-state index in [2.05, 4.69) is 60.1 Å². The number of nitrogens with zero attached hydrogens (tertiary/aromatic N) is 2. The summed E-state index contributed by atoms with van der Waals surface area (Å²) in [6.07, 6.45) is 10.5. The largest absolute Gasteiger partial charge is 0.353 e. The lowest BCUT2D eigenvalue weighted by molar-refractivity contribution is -0.128. The summed E-state index contributed by atoms with van der Waals surface area (Å²) < 4.78 is 2.48. The zero-order valence-corrected chi connectivity index (χ0v) is 18.2. The number of nitrogens with one attached hydrogen (secondary N) is 1. The molecule has 1 saturated carbocycles. The number of piperidine rings is 1. The van der Waals surface area contributed by atoms with Gasteiger partial charge >= 0.3 is 0 Å². The van der Waals surface area contributed by atoms with E-state index < -0.39 is 0 Å². The summed E-state index contributed by atoms with van der Waals surface area (Å²) in [6, 6.07) is 8.28. The molecule has 2 aliphatic carbocycles. The van der Waals surface area contributed by atoms with Crippen LogP contribution in [0.25, 0.3) is 10.9 Å². The molecule has 2 unspecified atom stereocenters. The van der Waals surface area contributed by atoms with Crippen molar-refractivity contribution in [2.45, 2.75) is 82.8 Å². The number of carbonyl (C=O) groups excluding carboxylic acids is 1. The Morgan fingerprint density at radius 2 is 2.07 bits per heavy atom. The van der Waals surface area contributed by atoms with Crippen LogP contribution in [-0.4, -0.2) is 41.1 Å². The lowest BCUT2D eigenvalue weighted by Gasteiger charge is -2.45. The van der Waals surface area contributed by atoms with E-state index in [0.717, 1.165) is 38.6 Å². The van der Waals surface area contributed by atoms with Gasteiger partial charge in [-0.05, 0) is 63.3 Å². The first-order chi connectivity index (χ1) is 14.1. The molecule has 5 rings (SSSR count). The second-order valence-corrected chi connectivity index (χ2v) is 9.80. The molecule has 1 aliphatic heterocycles. The Kier molecular flexibility index (Phi) is 4.93. The predicted octanol–water partition coefficient (Wildman–Crippen LogP) is 4.63. The third kappa shape index (κ3) is 3.20. The van der Waals surface area contributed by atoms with E-state index in [1.54, 1.807) is 0 Å². The third-order valence-corrected chi connectivity index (χ3v) is 8.01. The van der Waals surface area contributed by atoms with E-state index in [0.29, 0.717) is 24.0 Å². The molecule has 2 aromatic rings. The van der Waals surface area contributed by atoms with Crippen LogP contribution in [-0.2, 0) is 11.2 Å². The first-order valence-corrected chi connectivity index (χ1v) is 11.7. The van der Waals surface area contributed by atoms with E-state index in [9.17, 15) is 4.79 Å². The number of likely N-dealkylation sites (N-methyl/N-ethyl adjacent to an activating group) is 1. The number of hydrogen-bond acceptors (Lipinski definition) is 2. The first-order valence-electron chi connectivity index (χ1n) is 11.7. The summed E-state index contributed by atoms with van der Waals surface area (Å²) >= 11 is 0. The SMILES string of the molecule is CCC(C)n1cc2c3c(cccc31)C1C[C@@H](C(=O)NC3CCCC3)CN(C)[C@@H]1C2. The molecule has 4 heteroatoms. The van der Waals surface area contributed by atoms with Crippen LogP contribution in [0.1, 0.15) is 75.5 Å². The molecule has 1 aromatic heterocycles. The zero-order chi connectivity index (χ0) is 20.1. The second-order valence-electron chi connectivity index (χ2n) is 9.80. The van der Waals surface area contributed by atoms with Gasteiger partial charge < -0.3 is 14.8 Å². The van der Waals surface area contributed by atoms with Crippen LogP contribution in [0.3, 0.4) is 0 Å². The molecule has 1 aromatic carbocycles. The fourth-order valence-electron chi connectivity index (χ4n) is 6.21. The maximum atomic E-state index is 13.1. The van der Waals surface area contributed by atoms with Crippen LogP contribution in [0, 0.1) is 5.92 Å². The molecule has 4 nitrogen and oxygen atoms in total. The maximum absolute atomic E-state index is 13.1. The predicted molar refractivity (Wildman–Crippen MR) is 118 cm³/mol. The van der Waals surface area contributed by atoms with Gasteiger partial charge in [0.1, 0.15) is 0 Å². The smallest absolute Gasteiger partial charge is 0.224 e. The Labute approximate surface area is 174 Å². The number of likely N-dealkylation sites (tertiary alicyclic amines) is 1. The molecular formula is C25H35N3O. The number of amides is 1. The highest BCUT2D eigenvalue weighted by Crippen LogP contribution is 2.45. The summed E-state index contributed by atoms with van der Waals surface area (Å²) in [4.78, 5) is 15.5. The molecule has 2 fully saturated rings. The number of rotatable bonds is 4. The third-order valence-electron chi connectivity index (χ3n) is 8.01. The monoisotopic (exact) mass is 393 g/mol. The van der Waals surface area contributed by atoms with E-state index in [-0.39, 0.29) is 11.8 Å². The fourth-order valence-corrected chi connectivity index (χ4v) is 6.21. The number of fused-ring (bicyclic) bond motifs is 2. The van der Waals surface area contributed by atoms with Crippen LogP contribution < -0.4 is 5.32 Å². The van der Waals surface area contributed by atoms with Crippen molar-refractivity contribution >= 4 is 16.8 Å². The van der Waals surface area contributed by atoms with E-state index >= 15 is 0 Å². The Balaban J connectivity index is 1.46. The Hall–Kier alpha value is -1.81.